The molecule has 1 rings (SSSR count). The van der Waals surface area contributed by atoms with Crippen LogP contribution in [0, 0.1) is 5.92 Å². The van der Waals surface area contributed by atoms with Crippen LogP contribution >= 0.6 is 0 Å². The molecule has 104 valence electrons. The minimum absolute atomic E-state index is 0.0635. The van der Waals surface area contributed by atoms with Gasteiger partial charge in [-0.05, 0) is 40.0 Å². The number of rotatable bonds is 5. The maximum atomic E-state index is 11.5. The number of amides is 1. The summed E-state index contributed by atoms with van der Waals surface area (Å²) in [7, 11) is 0. The van der Waals surface area contributed by atoms with Crippen LogP contribution in [0.2, 0.25) is 0 Å². The quantitative estimate of drug-likeness (QED) is 0.389. The summed E-state index contributed by atoms with van der Waals surface area (Å²) in [4.78, 5) is 15.7. The lowest BCUT2D eigenvalue weighted by atomic mass is 9.85. The average Bonchev–Trinajstić information content (AvgIpc) is 2.11. The summed E-state index contributed by atoms with van der Waals surface area (Å²) >= 11 is 0. The number of carbonyl (C=O) groups excluding carboxylic acids is 1. The van der Waals surface area contributed by atoms with Crippen LogP contribution in [0.3, 0.4) is 0 Å². The summed E-state index contributed by atoms with van der Waals surface area (Å²) in [5, 5.41) is 6.03. The Bertz CT molecular complexity index is 303. The van der Waals surface area contributed by atoms with E-state index in [1.54, 1.807) is 0 Å². The van der Waals surface area contributed by atoms with Crippen LogP contribution in [-0.4, -0.2) is 30.5 Å². The van der Waals surface area contributed by atoms with Gasteiger partial charge < -0.3 is 16.4 Å². The molecule has 0 radical (unpaired) electrons. The normalized spacial score (nSPS) is 17.2. The maximum Gasteiger partial charge on any atom is 0.223 e. The number of nitrogens with one attached hydrogen (secondary N) is 2. The van der Waals surface area contributed by atoms with Crippen molar-refractivity contribution in [3.05, 3.63) is 0 Å². The van der Waals surface area contributed by atoms with Crippen molar-refractivity contribution in [3.8, 4) is 0 Å². The molecule has 0 aromatic rings. The Morgan fingerprint density at radius 2 is 2.06 bits per heavy atom. The zero-order valence-electron chi connectivity index (χ0n) is 11.8. The van der Waals surface area contributed by atoms with Crippen LogP contribution in [0.4, 0.5) is 0 Å². The first-order chi connectivity index (χ1) is 8.38. The highest BCUT2D eigenvalue weighted by molar-refractivity contribution is 5.79. The molecular formula is C13H26N4O. The lowest BCUT2D eigenvalue weighted by Crippen LogP contribution is -2.45. The molecule has 0 spiro atoms. The molecular weight excluding hydrogens is 228 g/mol. The predicted molar refractivity (Wildman–Crippen MR) is 74.3 cm³/mol. The fourth-order valence-electron chi connectivity index (χ4n) is 1.73. The van der Waals surface area contributed by atoms with Gasteiger partial charge >= 0.3 is 0 Å². The van der Waals surface area contributed by atoms with Crippen LogP contribution in [0.25, 0.3) is 0 Å². The first-order valence-corrected chi connectivity index (χ1v) is 6.74. The van der Waals surface area contributed by atoms with Gasteiger partial charge in [0.2, 0.25) is 5.91 Å². The Hall–Kier alpha value is -1.26. The topological polar surface area (TPSA) is 79.5 Å². The van der Waals surface area contributed by atoms with Crippen molar-refractivity contribution in [2.24, 2.45) is 16.6 Å². The Morgan fingerprint density at radius 3 is 2.56 bits per heavy atom. The van der Waals surface area contributed by atoms with E-state index in [9.17, 15) is 4.79 Å². The van der Waals surface area contributed by atoms with Crippen molar-refractivity contribution in [2.75, 3.05) is 13.1 Å². The number of carbonyl (C=O) groups is 1. The summed E-state index contributed by atoms with van der Waals surface area (Å²) in [6.07, 6.45) is 4.11. The van der Waals surface area contributed by atoms with E-state index in [0.29, 0.717) is 19.0 Å². The van der Waals surface area contributed by atoms with E-state index < -0.39 is 0 Å². The van der Waals surface area contributed by atoms with Crippen molar-refractivity contribution < 1.29 is 4.79 Å². The zero-order valence-corrected chi connectivity index (χ0v) is 11.8. The van der Waals surface area contributed by atoms with Crippen molar-refractivity contribution in [2.45, 2.75) is 52.0 Å². The summed E-state index contributed by atoms with van der Waals surface area (Å²) < 4.78 is 0. The highest BCUT2D eigenvalue weighted by atomic mass is 16.1. The monoisotopic (exact) mass is 254 g/mol. The van der Waals surface area contributed by atoms with Crippen LogP contribution in [0.15, 0.2) is 4.99 Å². The average molecular weight is 254 g/mol. The van der Waals surface area contributed by atoms with E-state index in [2.05, 4.69) is 15.6 Å². The predicted octanol–water partition coefficient (Wildman–Crippen LogP) is 0.996. The van der Waals surface area contributed by atoms with Gasteiger partial charge in [0.1, 0.15) is 0 Å². The molecule has 1 saturated carbocycles. The maximum absolute atomic E-state index is 11.5. The molecule has 0 aromatic heterocycles. The molecule has 5 heteroatoms. The standard InChI is InChI=1S/C13H26N4O/c1-13(2,3)17-12(14)16-9-5-8-15-11(18)10-6-4-7-10/h10H,4-9H2,1-3H3,(H,15,18)(H3,14,16,17). The summed E-state index contributed by atoms with van der Waals surface area (Å²) in [5.41, 5.74) is 5.67. The van der Waals surface area contributed by atoms with E-state index >= 15 is 0 Å². The molecule has 1 aliphatic rings. The molecule has 5 nitrogen and oxygen atoms in total. The molecule has 0 unspecified atom stereocenters. The summed E-state index contributed by atoms with van der Waals surface area (Å²) in [6.45, 7) is 7.43. The Balaban J connectivity index is 2.06. The molecule has 1 amide bonds. The number of aliphatic imine (C=N–C) groups is 1. The zero-order chi connectivity index (χ0) is 13.6. The molecule has 4 N–H and O–H groups in total. The lowest BCUT2D eigenvalue weighted by molar-refractivity contribution is -0.127. The van der Waals surface area contributed by atoms with Gasteiger partial charge in [0, 0.05) is 24.5 Å². The number of guanidine groups is 1. The van der Waals surface area contributed by atoms with Crippen molar-refractivity contribution in [3.63, 3.8) is 0 Å². The molecule has 1 aliphatic carbocycles. The van der Waals surface area contributed by atoms with Gasteiger partial charge in [0.05, 0.1) is 0 Å². The molecule has 0 saturated heterocycles. The Morgan fingerprint density at radius 1 is 1.39 bits per heavy atom. The van der Waals surface area contributed by atoms with E-state index in [4.69, 9.17) is 5.73 Å². The fourth-order valence-corrected chi connectivity index (χ4v) is 1.73. The molecule has 1 fully saturated rings. The highest BCUT2D eigenvalue weighted by Crippen LogP contribution is 2.25. The smallest absolute Gasteiger partial charge is 0.223 e. The molecule has 0 bridgehead atoms. The molecule has 18 heavy (non-hydrogen) atoms. The number of hydrogen-bond acceptors (Lipinski definition) is 2. The van der Waals surface area contributed by atoms with Gasteiger partial charge in [-0.15, -0.1) is 0 Å². The Labute approximate surface area is 110 Å². The molecule has 0 heterocycles. The highest BCUT2D eigenvalue weighted by Gasteiger charge is 2.24. The van der Waals surface area contributed by atoms with Gasteiger partial charge in [-0.25, -0.2) is 0 Å². The minimum atomic E-state index is -0.0635. The van der Waals surface area contributed by atoms with E-state index in [1.807, 2.05) is 20.8 Å². The first-order valence-electron chi connectivity index (χ1n) is 6.74. The van der Waals surface area contributed by atoms with Crippen LogP contribution in [0.1, 0.15) is 46.5 Å². The second-order valence-corrected chi connectivity index (χ2v) is 5.91. The van der Waals surface area contributed by atoms with Gasteiger partial charge in [0.15, 0.2) is 5.96 Å². The van der Waals surface area contributed by atoms with Gasteiger partial charge in [0.25, 0.3) is 0 Å². The van der Waals surface area contributed by atoms with Crippen molar-refractivity contribution in [1.29, 1.82) is 0 Å². The fraction of sp³-hybridized carbons (Fsp3) is 0.846. The molecule has 0 atom stereocenters. The second-order valence-electron chi connectivity index (χ2n) is 5.91. The van der Waals surface area contributed by atoms with Crippen LogP contribution < -0.4 is 16.4 Å². The minimum Gasteiger partial charge on any atom is -0.370 e. The largest absolute Gasteiger partial charge is 0.370 e. The van der Waals surface area contributed by atoms with Crippen molar-refractivity contribution in [1.82, 2.24) is 10.6 Å². The lowest BCUT2D eigenvalue weighted by Gasteiger charge is -2.24. The van der Waals surface area contributed by atoms with Gasteiger partial charge in [-0.2, -0.15) is 0 Å². The van der Waals surface area contributed by atoms with Crippen LogP contribution in [0.5, 0.6) is 0 Å². The SMILES string of the molecule is CC(C)(C)NC(N)=NCCCNC(=O)C1CCC1. The third-order valence-corrected chi connectivity index (χ3v) is 2.90. The molecule has 0 aromatic carbocycles. The molecule has 0 aliphatic heterocycles. The third kappa shape index (κ3) is 5.89. The summed E-state index contributed by atoms with van der Waals surface area (Å²) in [6, 6.07) is 0. The van der Waals surface area contributed by atoms with Crippen LogP contribution in [-0.2, 0) is 4.79 Å². The van der Waals surface area contributed by atoms with E-state index in [1.165, 1.54) is 6.42 Å². The Kier molecular flexibility index (Phi) is 5.44. The van der Waals surface area contributed by atoms with Crippen molar-refractivity contribution >= 4 is 11.9 Å². The van der Waals surface area contributed by atoms with E-state index in [-0.39, 0.29) is 17.4 Å². The first kappa shape index (κ1) is 14.8. The van der Waals surface area contributed by atoms with Gasteiger partial charge in [-0.3, -0.25) is 9.79 Å². The van der Waals surface area contributed by atoms with E-state index in [0.717, 1.165) is 19.3 Å². The second kappa shape index (κ2) is 6.61. The third-order valence-electron chi connectivity index (χ3n) is 2.90. The van der Waals surface area contributed by atoms with Gasteiger partial charge in [-0.1, -0.05) is 6.42 Å². The number of hydrogen-bond donors (Lipinski definition) is 3. The summed E-state index contributed by atoms with van der Waals surface area (Å²) in [5.74, 6) is 0.931. The number of nitrogens with two attached hydrogens (primary N) is 1. The number of nitrogens with zero attached hydrogens (tertiary/aromatic N) is 1.